The van der Waals surface area contributed by atoms with Crippen molar-refractivity contribution in [2.45, 2.75) is 27.8 Å². The Balaban J connectivity index is 0.000000178. The average molecular weight is 1470 g/mol. The Kier molecular flexibility index (Phi) is 17.5. The van der Waals surface area contributed by atoms with Crippen LogP contribution < -0.4 is 55.9 Å². The van der Waals surface area contributed by atoms with Crippen molar-refractivity contribution in [3.05, 3.63) is 348 Å². The monoisotopic (exact) mass is 1470 g/mol. The molecule has 0 amide bonds. The third-order valence-electron chi connectivity index (χ3n) is 18.6. The van der Waals surface area contributed by atoms with Crippen LogP contribution in [0.3, 0.4) is 0 Å². The molecule has 0 radical (unpaired) electrons. The van der Waals surface area contributed by atoms with E-state index in [0.717, 1.165) is 0 Å². The first kappa shape index (κ1) is 57.0. The Labute approximate surface area is 506 Å². The summed E-state index contributed by atoms with van der Waals surface area (Å²) in [6, 6.07) is 107. The molecule has 0 fully saturated rings. The maximum Gasteiger partial charge on any atom is -1.00 e. The van der Waals surface area contributed by atoms with E-state index in [1.165, 1.54) is 22.3 Å². The molecule has 4 aliphatic rings. The van der Waals surface area contributed by atoms with Crippen LogP contribution in [0.5, 0.6) is 0 Å². The summed E-state index contributed by atoms with van der Waals surface area (Å²) in [7, 11) is 0. The number of rotatable bonds is 13. The molecule has 0 aliphatic heterocycles. The predicted molar refractivity (Wildman–Crippen MR) is 340 cm³/mol. The van der Waals surface area contributed by atoms with Crippen molar-refractivity contribution >= 4 is 71.9 Å². The molecule has 10 aromatic carbocycles. The standard InChI is InChI=1S/2C13H13Si.C12H11Si.4C9H7.2ClH.2Hf/c2*1-14(12-8-4-2-5-9-12)13-10-6-3-7-11-13;1-3-7-11(8-4-1)13-12-9-5-2-6-10-12;4*1-2-5-9-7-3-6-8(9)4-1;;;;/h2*2-11H,1H3;1-10,13H;4*1-7H;2*1H;;/q;;;;;;;;;;+2/p-2. The Morgan fingerprint density at radius 3 is 0.864 bits per heavy atom. The zero-order valence-corrected chi connectivity index (χ0v) is 57.7. The summed E-state index contributed by atoms with van der Waals surface area (Å²) < 4.78 is 2.09. The summed E-state index contributed by atoms with van der Waals surface area (Å²) in [6.07, 6.45) is 20.3. The topological polar surface area (TPSA) is 0 Å². The van der Waals surface area contributed by atoms with Crippen LogP contribution in [0, 0.1) is 0 Å². The summed E-state index contributed by atoms with van der Waals surface area (Å²) in [5.41, 5.74) is 12.0. The number of hydrogen-bond donors (Lipinski definition) is 0. The minimum absolute atomic E-state index is 0. The largest absolute Gasteiger partial charge is 1.00 e. The summed E-state index contributed by atoms with van der Waals surface area (Å²) in [6.45, 7) is 5.64. The molecule has 4 aliphatic carbocycles. The van der Waals surface area contributed by atoms with Crippen LogP contribution in [0.4, 0.5) is 0 Å². The van der Waals surface area contributed by atoms with Crippen LogP contribution in [0.15, 0.2) is 303 Å². The Morgan fingerprint density at radius 2 is 0.543 bits per heavy atom. The zero-order valence-electron chi connectivity index (χ0n) is 45.8. The Bertz CT molecular complexity index is 3540. The van der Waals surface area contributed by atoms with Gasteiger partial charge in [0.05, 0.1) is 0 Å². The maximum absolute atomic E-state index is 4.34. The fourth-order valence-corrected chi connectivity index (χ4v) is 183. The van der Waals surface area contributed by atoms with Gasteiger partial charge in [-0.3, -0.25) is 0 Å². The molecule has 0 aromatic heterocycles. The second-order valence-corrected chi connectivity index (χ2v) is 101. The van der Waals surface area contributed by atoms with Crippen LogP contribution in [-0.4, -0.2) is 16.5 Å². The third-order valence-corrected chi connectivity index (χ3v) is 153. The SMILES string of the molecule is C1=C[CH]([Hf+2]([CH]2C=Cc3ccccc32)[SiH](c2ccccc2)c2ccccc2)c2ccccc21.C[Si](c1ccccc1)(c1ccccc1)[Hf]([CH]1C=Cc2ccccc21)([CH]1C=Cc2ccccc21)[Si](C)(c1ccccc1)c1ccccc1.[Cl-].[Cl-]. The van der Waals surface area contributed by atoms with Gasteiger partial charge in [0.15, 0.2) is 0 Å². The molecule has 0 nitrogen and oxygen atoms in total. The van der Waals surface area contributed by atoms with Gasteiger partial charge in [-0.2, -0.15) is 0 Å². The molecular weight excluding hydrogens is 1400 g/mol. The maximum atomic E-state index is 2.82. The minimum atomic E-state index is -4.34. The number of hydrogen-bond acceptors (Lipinski definition) is 0. The molecule has 0 saturated carbocycles. The first-order valence-electron chi connectivity index (χ1n) is 28.3. The van der Waals surface area contributed by atoms with Gasteiger partial charge in [0.25, 0.3) is 0 Å². The van der Waals surface area contributed by atoms with Crippen molar-refractivity contribution in [2.24, 2.45) is 0 Å². The quantitative estimate of drug-likeness (QED) is 0.102. The van der Waals surface area contributed by atoms with Crippen molar-refractivity contribution in [1.29, 1.82) is 0 Å². The molecule has 0 spiro atoms. The number of benzene rings is 10. The number of halogens is 2. The van der Waals surface area contributed by atoms with Gasteiger partial charge < -0.3 is 24.8 Å². The second-order valence-electron chi connectivity index (χ2n) is 22.2. The molecule has 81 heavy (non-hydrogen) atoms. The van der Waals surface area contributed by atoms with Crippen molar-refractivity contribution in [3.8, 4) is 0 Å². The summed E-state index contributed by atoms with van der Waals surface area (Å²) in [5.74, 6) is -1.38. The first-order chi connectivity index (χ1) is 39.0. The smallest absolute Gasteiger partial charge is 1.00 e. The van der Waals surface area contributed by atoms with E-state index < -0.39 is 55.4 Å². The predicted octanol–water partition coefficient (Wildman–Crippen LogP) is 8.14. The molecule has 10 aromatic rings. The van der Waals surface area contributed by atoms with Gasteiger partial charge in [-0.15, -0.1) is 0 Å². The number of fused-ring (bicyclic) bond motifs is 4. The van der Waals surface area contributed by atoms with Crippen molar-refractivity contribution in [2.75, 3.05) is 0 Å². The van der Waals surface area contributed by atoms with Crippen LogP contribution in [-0.2, 0) is 38.9 Å². The van der Waals surface area contributed by atoms with Gasteiger partial charge in [0, 0.05) is 0 Å². The molecule has 0 bridgehead atoms. The molecule has 4 atom stereocenters. The van der Waals surface area contributed by atoms with Crippen molar-refractivity contribution in [1.82, 2.24) is 0 Å². The fourth-order valence-electron chi connectivity index (χ4n) is 15.1. The molecular formula is C74H65Cl2Hf2Si3. The van der Waals surface area contributed by atoms with Crippen LogP contribution in [0.1, 0.15) is 59.2 Å². The second kappa shape index (κ2) is 24.9. The molecule has 14 rings (SSSR count). The normalized spacial score (nSPS) is 17.0. The summed E-state index contributed by atoms with van der Waals surface area (Å²) >= 11 is -6.79. The Hall–Kier alpha value is -5.87. The fraction of sp³-hybridized carbons (Fsp3) is 0.0811. The van der Waals surface area contributed by atoms with E-state index in [0.29, 0.717) is 14.7 Å². The summed E-state index contributed by atoms with van der Waals surface area (Å²) in [4.78, 5) is 0. The van der Waals surface area contributed by atoms with Crippen LogP contribution in [0.25, 0.3) is 24.3 Å². The van der Waals surface area contributed by atoms with E-state index in [1.807, 2.05) is 0 Å². The van der Waals surface area contributed by atoms with E-state index in [-0.39, 0.29) is 24.8 Å². The molecule has 0 N–H and O–H groups in total. The molecule has 395 valence electrons. The molecule has 7 heteroatoms. The van der Waals surface area contributed by atoms with Gasteiger partial charge in [-0.25, -0.2) is 0 Å². The van der Waals surface area contributed by atoms with Crippen molar-refractivity contribution in [3.63, 3.8) is 0 Å². The molecule has 0 heterocycles. The van der Waals surface area contributed by atoms with E-state index in [4.69, 9.17) is 0 Å². The molecule has 4 unspecified atom stereocenters. The van der Waals surface area contributed by atoms with Gasteiger partial charge in [0.1, 0.15) is 0 Å². The van der Waals surface area contributed by atoms with Crippen LogP contribution in [0.2, 0.25) is 13.1 Å². The third kappa shape index (κ3) is 10.0. The van der Waals surface area contributed by atoms with Gasteiger partial charge in [-0.05, 0) is 0 Å². The molecule has 0 saturated heterocycles. The van der Waals surface area contributed by atoms with E-state index >= 15 is 0 Å². The van der Waals surface area contributed by atoms with E-state index in [1.54, 1.807) is 53.4 Å². The van der Waals surface area contributed by atoms with Gasteiger partial charge in [-0.1, -0.05) is 0 Å². The van der Waals surface area contributed by atoms with Crippen LogP contribution >= 0.6 is 0 Å². The van der Waals surface area contributed by atoms with E-state index in [2.05, 4.69) is 341 Å². The number of allylic oxidation sites excluding steroid dienone is 4. The first-order valence-corrected chi connectivity index (χ1v) is 60.3. The Morgan fingerprint density at radius 1 is 0.296 bits per heavy atom. The average Bonchev–Trinajstić information content (AvgIpc) is 4.05. The van der Waals surface area contributed by atoms with Gasteiger partial charge in [0.2, 0.25) is 0 Å². The van der Waals surface area contributed by atoms with E-state index in [9.17, 15) is 0 Å². The summed E-state index contributed by atoms with van der Waals surface area (Å²) in [5, 5.41) is 4.47. The minimum Gasteiger partial charge on any atom is -1.00 e. The zero-order chi connectivity index (χ0) is 53.2. The van der Waals surface area contributed by atoms with Crippen molar-refractivity contribution < 1.29 is 63.7 Å². The van der Waals surface area contributed by atoms with Gasteiger partial charge >= 0.3 is 486 Å².